The van der Waals surface area contributed by atoms with E-state index in [4.69, 9.17) is 0 Å². The van der Waals surface area contributed by atoms with Gasteiger partial charge in [-0.2, -0.15) is 26.3 Å². The van der Waals surface area contributed by atoms with E-state index >= 15 is 0 Å². The van der Waals surface area contributed by atoms with Gasteiger partial charge in [0.2, 0.25) is 11.8 Å². The lowest BCUT2D eigenvalue weighted by molar-refractivity contribution is -0.225. The van der Waals surface area contributed by atoms with E-state index in [2.05, 4.69) is 0 Å². The van der Waals surface area contributed by atoms with E-state index in [0.717, 1.165) is 0 Å². The van der Waals surface area contributed by atoms with E-state index in [1.807, 2.05) is 0 Å². The number of halogens is 9. The van der Waals surface area contributed by atoms with Gasteiger partial charge in [0.1, 0.15) is 6.67 Å². The molecule has 0 N–H and O–H groups in total. The first kappa shape index (κ1) is 17.1. The van der Waals surface area contributed by atoms with E-state index in [-0.39, 0.29) is 6.92 Å². The zero-order chi connectivity index (χ0) is 14.9. The van der Waals surface area contributed by atoms with Crippen LogP contribution in [0, 0.1) is 0 Å². The monoisotopic (exact) mass is 288 g/mol. The first-order valence-corrected chi connectivity index (χ1v) is 4.49. The number of allylic oxidation sites excluding steroid dienone is 2. The summed E-state index contributed by atoms with van der Waals surface area (Å²) in [6, 6.07) is 0. The molecule has 0 fully saturated rings. The maximum atomic E-state index is 13.4. The second kappa shape index (κ2) is 5.00. The molecule has 0 radical (unpaired) electrons. The van der Waals surface area contributed by atoms with E-state index in [0.29, 0.717) is 6.92 Å². The van der Waals surface area contributed by atoms with Crippen molar-refractivity contribution >= 4 is 0 Å². The number of alkyl halides is 9. The fourth-order valence-corrected chi connectivity index (χ4v) is 1.24. The molecule has 9 heteroatoms. The van der Waals surface area contributed by atoms with Gasteiger partial charge >= 0.3 is 12.4 Å². The Morgan fingerprint density at radius 3 is 1.61 bits per heavy atom. The third-order valence-corrected chi connectivity index (χ3v) is 2.24. The molecular formula is C9H9F9. The summed E-state index contributed by atoms with van der Waals surface area (Å²) in [7, 11) is 0. The maximum Gasteiger partial charge on any atom is 0.426 e. The van der Waals surface area contributed by atoms with Crippen LogP contribution in [-0.2, 0) is 0 Å². The minimum absolute atomic E-state index is 0.278. The summed E-state index contributed by atoms with van der Waals surface area (Å²) >= 11 is 0. The van der Waals surface area contributed by atoms with Crippen molar-refractivity contribution in [2.24, 2.45) is 0 Å². The summed E-state index contributed by atoms with van der Waals surface area (Å²) in [5.41, 5.74) is -8.16. The van der Waals surface area contributed by atoms with E-state index in [9.17, 15) is 39.5 Å². The van der Waals surface area contributed by atoms with Gasteiger partial charge in [0.25, 0.3) is 0 Å². The molecule has 0 nitrogen and oxygen atoms in total. The second-order valence-electron chi connectivity index (χ2n) is 3.73. The van der Waals surface area contributed by atoms with Crippen LogP contribution in [0.5, 0.6) is 0 Å². The summed E-state index contributed by atoms with van der Waals surface area (Å²) in [5.74, 6) is 0. The summed E-state index contributed by atoms with van der Waals surface area (Å²) < 4.78 is 111. The highest BCUT2D eigenvalue weighted by Crippen LogP contribution is 2.45. The Kier molecular flexibility index (Phi) is 4.76. The average molecular weight is 288 g/mol. The molecule has 18 heavy (non-hydrogen) atoms. The van der Waals surface area contributed by atoms with Crippen LogP contribution in [-0.4, -0.2) is 30.9 Å². The summed E-state index contributed by atoms with van der Waals surface area (Å²) in [5, 5.41) is 0. The van der Waals surface area contributed by atoms with Crippen molar-refractivity contribution in [2.45, 2.75) is 38.0 Å². The largest absolute Gasteiger partial charge is 0.426 e. The molecule has 0 spiro atoms. The smallest absolute Gasteiger partial charge is 0.246 e. The number of hydrogen-bond acceptors (Lipinski definition) is 0. The molecule has 0 aromatic carbocycles. The zero-order valence-corrected chi connectivity index (χ0v) is 9.19. The number of rotatable bonds is 3. The highest BCUT2D eigenvalue weighted by atomic mass is 19.4. The van der Waals surface area contributed by atoms with Crippen LogP contribution in [0.25, 0.3) is 0 Å². The Labute approximate surface area is 96.5 Å². The zero-order valence-electron chi connectivity index (χ0n) is 9.19. The molecule has 2 unspecified atom stereocenters. The van der Waals surface area contributed by atoms with Crippen LogP contribution >= 0.6 is 0 Å². The second-order valence-corrected chi connectivity index (χ2v) is 3.73. The van der Waals surface area contributed by atoms with Crippen molar-refractivity contribution in [3.8, 4) is 0 Å². The molecule has 0 rings (SSSR count). The molecule has 0 aliphatic rings. The van der Waals surface area contributed by atoms with Gasteiger partial charge in [0.05, 0.1) is 0 Å². The van der Waals surface area contributed by atoms with Gasteiger partial charge < -0.3 is 0 Å². The summed E-state index contributed by atoms with van der Waals surface area (Å²) in [4.78, 5) is 0. The van der Waals surface area contributed by atoms with Gasteiger partial charge in [-0.25, -0.2) is 13.2 Å². The lowest BCUT2D eigenvalue weighted by Gasteiger charge is -2.30. The third kappa shape index (κ3) is 3.32. The van der Waals surface area contributed by atoms with E-state index < -0.39 is 42.0 Å². The first-order valence-electron chi connectivity index (χ1n) is 4.49. The molecule has 0 saturated heterocycles. The molecule has 0 aromatic rings. The fourth-order valence-electron chi connectivity index (χ4n) is 1.24. The van der Waals surface area contributed by atoms with Crippen molar-refractivity contribution in [1.82, 2.24) is 0 Å². The molecule has 0 aromatic heterocycles. The van der Waals surface area contributed by atoms with Crippen molar-refractivity contribution < 1.29 is 39.5 Å². The average Bonchev–Trinajstić information content (AvgIpc) is 2.13. The summed E-state index contributed by atoms with van der Waals surface area (Å²) in [6.07, 6.45) is -15.7. The topological polar surface area (TPSA) is 0 Å². The Morgan fingerprint density at radius 1 is 1.00 bits per heavy atom. The molecule has 0 amide bonds. The van der Waals surface area contributed by atoms with Gasteiger partial charge in [-0.15, -0.1) is 0 Å². The van der Waals surface area contributed by atoms with E-state index in [1.54, 1.807) is 0 Å². The predicted molar refractivity (Wildman–Crippen MR) is 45.2 cm³/mol. The van der Waals surface area contributed by atoms with Gasteiger partial charge in [0.15, 0.2) is 0 Å². The molecule has 0 heterocycles. The van der Waals surface area contributed by atoms with Gasteiger partial charge in [-0.3, -0.25) is 0 Å². The van der Waals surface area contributed by atoms with Gasteiger partial charge in [-0.05, 0) is 19.4 Å². The quantitative estimate of drug-likeness (QED) is 0.531. The Hall–Kier alpha value is -0.890. The standard InChI is InChI=1S/C9H9F9/c1-4(3-10)5(6(11)8(13,14)15)7(2,12)9(16,17)18/h6H,3H2,1-2H3/b5-4+. The highest BCUT2D eigenvalue weighted by Gasteiger charge is 2.61. The van der Waals surface area contributed by atoms with Crippen molar-refractivity contribution in [1.29, 1.82) is 0 Å². The van der Waals surface area contributed by atoms with Crippen molar-refractivity contribution in [2.75, 3.05) is 6.67 Å². The molecule has 0 aliphatic heterocycles. The predicted octanol–water partition coefficient (Wildman–Crippen LogP) is 4.46. The van der Waals surface area contributed by atoms with Crippen LogP contribution in [0.2, 0.25) is 0 Å². The van der Waals surface area contributed by atoms with Crippen LogP contribution < -0.4 is 0 Å². The molecule has 0 bridgehead atoms. The first-order chi connectivity index (χ1) is 7.76. The van der Waals surface area contributed by atoms with Crippen LogP contribution in [0.4, 0.5) is 39.5 Å². The van der Waals surface area contributed by atoms with Crippen LogP contribution in [0.1, 0.15) is 13.8 Å². The lowest BCUT2D eigenvalue weighted by Crippen LogP contribution is -2.46. The highest BCUT2D eigenvalue weighted by molar-refractivity contribution is 5.30. The minimum Gasteiger partial charge on any atom is -0.246 e. The summed E-state index contributed by atoms with van der Waals surface area (Å²) in [6.45, 7) is -1.63. The minimum atomic E-state index is -5.78. The molecule has 108 valence electrons. The normalized spacial score (nSPS) is 20.2. The Morgan fingerprint density at radius 2 is 1.39 bits per heavy atom. The fraction of sp³-hybridized carbons (Fsp3) is 0.778. The third-order valence-electron chi connectivity index (χ3n) is 2.24. The molecular weight excluding hydrogens is 279 g/mol. The van der Waals surface area contributed by atoms with Crippen LogP contribution in [0.15, 0.2) is 11.1 Å². The molecule has 0 saturated carbocycles. The maximum absolute atomic E-state index is 13.4. The molecule has 0 aliphatic carbocycles. The lowest BCUT2D eigenvalue weighted by atomic mass is 9.89. The van der Waals surface area contributed by atoms with Crippen LogP contribution in [0.3, 0.4) is 0 Å². The Bertz CT molecular complexity index is 320. The molecule has 2 atom stereocenters. The number of hydrogen-bond donors (Lipinski definition) is 0. The van der Waals surface area contributed by atoms with Crippen molar-refractivity contribution in [3.63, 3.8) is 0 Å². The van der Waals surface area contributed by atoms with Gasteiger partial charge in [-0.1, -0.05) is 0 Å². The Balaban J connectivity index is 5.86. The van der Waals surface area contributed by atoms with E-state index in [1.165, 1.54) is 0 Å². The van der Waals surface area contributed by atoms with Crippen molar-refractivity contribution in [3.05, 3.63) is 11.1 Å². The van der Waals surface area contributed by atoms with Gasteiger partial charge in [0, 0.05) is 5.57 Å². The SMILES string of the molecule is C/C(CF)=C(/C(F)C(F)(F)F)C(C)(F)C(F)(F)F.